The van der Waals surface area contributed by atoms with Crippen molar-refractivity contribution in [3.05, 3.63) is 29.8 Å². The summed E-state index contributed by atoms with van der Waals surface area (Å²) in [5, 5.41) is 1.98. The van der Waals surface area contributed by atoms with Crippen molar-refractivity contribution < 1.29 is 33.4 Å². The molecule has 1 aromatic rings. The average Bonchev–Trinajstić information content (AvgIpc) is 2.75. The molecule has 0 aromatic heterocycles. The fraction of sp³-hybridized carbons (Fsp3) is 0.444. The summed E-state index contributed by atoms with van der Waals surface area (Å²) in [4.78, 5) is 49.0. The van der Waals surface area contributed by atoms with E-state index in [0.717, 1.165) is 0 Å². The minimum Gasteiger partial charge on any atom is -0.497 e. The van der Waals surface area contributed by atoms with E-state index in [1.165, 1.54) is 30.9 Å². The SMILES string of the molecule is COC(=O)[C@@H]1CN(C(=O)COC(=O)CNC(=O)c2ccc(OC)cc2)CCS1. The van der Waals surface area contributed by atoms with Gasteiger partial charge >= 0.3 is 11.9 Å². The van der Waals surface area contributed by atoms with E-state index in [4.69, 9.17) is 9.47 Å². The molecule has 10 heteroatoms. The summed E-state index contributed by atoms with van der Waals surface area (Å²) in [5.74, 6) is -0.756. The molecule has 0 unspecified atom stereocenters. The number of rotatable bonds is 7. The summed E-state index contributed by atoms with van der Waals surface area (Å²) in [6.45, 7) is -0.140. The van der Waals surface area contributed by atoms with Crippen LogP contribution in [0.5, 0.6) is 5.75 Å². The molecule has 9 nitrogen and oxygen atoms in total. The Hall–Kier alpha value is -2.75. The molecule has 1 fully saturated rings. The first kappa shape index (κ1) is 21.5. The molecule has 0 saturated carbocycles. The van der Waals surface area contributed by atoms with Gasteiger partial charge in [0.05, 0.1) is 14.2 Å². The van der Waals surface area contributed by atoms with Crippen LogP contribution in [0.3, 0.4) is 0 Å². The molecular formula is C18H22N2O7S. The minimum atomic E-state index is -0.730. The Morgan fingerprint density at radius 1 is 1.18 bits per heavy atom. The van der Waals surface area contributed by atoms with E-state index in [2.05, 4.69) is 10.1 Å². The smallest absolute Gasteiger partial charge is 0.325 e. The van der Waals surface area contributed by atoms with Crippen molar-refractivity contribution in [3.63, 3.8) is 0 Å². The normalized spacial score (nSPS) is 16.1. The predicted molar refractivity (Wildman–Crippen MR) is 101 cm³/mol. The third kappa shape index (κ3) is 6.15. The van der Waals surface area contributed by atoms with Crippen molar-refractivity contribution in [2.75, 3.05) is 46.2 Å². The molecule has 1 aliphatic rings. The van der Waals surface area contributed by atoms with Gasteiger partial charge < -0.3 is 24.4 Å². The van der Waals surface area contributed by atoms with E-state index >= 15 is 0 Å². The van der Waals surface area contributed by atoms with Crippen LogP contribution in [0.4, 0.5) is 0 Å². The van der Waals surface area contributed by atoms with E-state index in [1.54, 1.807) is 24.3 Å². The van der Waals surface area contributed by atoms with Gasteiger partial charge in [0.15, 0.2) is 6.61 Å². The first-order valence-corrected chi connectivity index (χ1v) is 9.54. The molecule has 1 aliphatic heterocycles. The Balaban J connectivity index is 1.73. The van der Waals surface area contributed by atoms with Gasteiger partial charge in [-0.05, 0) is 24.3 Å². The summed E-state index contributed by atoms with van der Waals surface area (Å²) in [7, 11) is 2.82. The summed E-state index contributed by atoms with van der Waals surface area (Å²) in [6.07, 6.45) is 0. The number of carbonyl (C=O) groups excluding carboxylic acids is 4. The van der Waals surface area contributed by atoms with E-state index < -0.39 is 29.6 Å². The number of methoxy groups -OCH3 is 2. The number of amides is 2. The third-order valence-corrected chi connectivity index (χ3v) is 5.15. The van der Waals surface area contributed by atoms with Crippen LogP contribution >= 0.6 is 11.8 Å². The van der Waals surface area contributed by atoms with Gasteiger partial charge in [-0.2, -0.15) is 0 Å². The number of nitrogens with zero attached hydrogens (tertiary/aromatic N) is 1. The molecule has 0 radical (unpaired) electrons. The topological polar surface area (TPSA) is 111 Å². The standard InChI is InChI=1S/C18H22N2O7S/c1-25-13-5-3-12(4-6-13)17(23)19-9-16(22)27-11-15(21)20-7-8-28-14(10-20)18(24)26-2/h3-6,14H,7-11H2,1-2H3,(H,19,23)/t14-/m0/s1. The quantitative estimate of drug-likeness (QED) is 0.630. The van der Waals surface area contributed by atoms with Crippen molar-refractivity contribution in [2.45, 2.75) is 5.25 Å². The largest absolute Gasteiger partial charge is 0.497 e. The van der Waals surface area contributed by atoms with E-state index in [-0.39, 0.29) is 19.1 Å². The van der Waals surface area contributed by atoms with Crippen LogP contribution in [0, 0.1) is 0 Å². The molecule has 2 rings (SSSR count). The van der Waals surface area contributed by atoms with Crippen LogP contribution in [0.2, 0.25) is 0 Å². The maximum atomic E-state index is 12.2. The van der Waals surface area contributed by atoms with Crippen LogP contribution in [-0.4, -0.2) is 80.1 Å². The van der Waals surface area contributed by atoms with Gasteiger partial charge in [0, 0.05) is 24.4 Å². The van der Waals surface area contributed by atoms with Crippen molar-refractivity contribution in [2.24, 2.45) is 0 Å². The fourth-order valence-corrected chi connectivity index (χ4v) is 3.56. The summed E-state index contributed by atoms with van der Waals surface area (Å²) >= 11 is 1.42. The number of esters is 2. The summed E-state index contributed by atoms with van der Waals surface area (Å²) in [6, 6.07) is 6.39. The van der Waals surface area contributed by atoms with Crippen LogP contribution in [-0.2, 0) is 23.9 Å². The van der Waals surface area contributed by atoms with Crippen LogP contribution in [0.15, 0.2) is 24.3 Å². The highest BCUT2D eigenvalue weighted by atomic mass is 32.2. The molecule has 152 valence electrons. The van der Waals surface area contributed by atoms with Crippen LogP contribution in [0.1, 0.15) is 10.4 Å². The molecule has 1 heterocycles. The number of hydrogen-bond acceptors (Lipinski definition) is 8. The highest BCUT2D eigenvalue weighted by Crippen LogP contribution is 2.19. The maximum Gasteiger partial charge on any atom is 0.325 e. The molecule has 28 heavy (non-hydrogen) atoms. The number of thioether (sulfide) groups is 1. The van der Waals surface area contributed by atoms with Gasteiger partial charge in [0.2, 0.25) is 0 Å². The zero-order valence-electron chi connectivity index (χ0n) is 15.6. The second kappa shape index (κ2) is 10.5. The number of hydrogen-bond donors (Lipinski definition) is 1. The lowest BCUT2D eigenvalue weighted by molar-refractivity contribution is -0.151. The Morgan fingerprint density at radius 3 is 2.54 bits per heavy atom. The van der Waals surface area contributed by atoms with Gasteiger partial charge in [-0.25, -0.2) is 0 Å². The zero-order valence-corrected chi connectivity index (χ0v) is 16.5. The average molecular weight is 410 g/mol. The third-order valence-electron chi connectivity index (χ3n) is 3.99. The van der Waals surface area contributed by atoms with Crippen molar-refractivity contribution in [3.8, 4) is 5.75 Å². The monoisotopic (exact) mass is 410 g/mol. The van der Waals surface area contributed by atoms with Crippen LogP contribution in [0.25, 0.3) is 0 Å². The number of ether oxygens (including phenoxy) is 3. The van der Waals surface area contributed by atoms with Gasteiger partial charge in [-0.3, -0.25) is 19.2 Å². The summed E-state index contributed by atoms with van der Waals surface area (Å²) in [5.41, 5.74) is 0.365. The Labute approximate surface area is 166 Å². The second-order valence-corrected chi connectivity index (χ2v) is 7.10. The molecule has 1 N–H and O–H groups in total. The summed E-state index contributed by atoms with van der Waals surface area (Å²) < 4.78 is 14.6. The van der Waals surface area contributed by atoms with E-state index in [9.17, 15) is 19.2 Å². The first-order valence-electron chi connectivity index (χ1n) is 8.49. The highest BCUT2D eigenvalue weighted by Gasteiger charge is 2.30. The van der Waals surface area contributed by atoms with Crippen molar-refractivity contribution >= 4 is 35.5 Å². The molecule has 2 amide bonds. The van der Waals surface area contributed by atoms with Gasteiger partial charge in [0.25, 0.3) is 11.8 Å². The second-order valence-electron chi connectivity index (χ2n) is 5.79. The lowest BCUT2D eigenvalue weighted by atomic mass is 10.2. The van der Waals surface area contributed by atoms with Crippen molar-refractivity contribution in [1.82, 2.24) is 10.2 Å². The Morgan fingerprint density at radius 2 is 1.89 bits per heavy atom. The lowest BCUT2D eigenvalue weighted by Gasteiger charge is -2.30. The Kier molecular flexibility index (Phi) is 8.12. The first-order chi connectivity index (χ1) is 13.4. The van der Waals surface area contributed by atoms with Gasteiger partial charge in [0.1, 0.15) is 17.5 Å². The molecule has 1 atom stereocenters. The molecule has 1 saturated heterocycles. The minimum absolute atomic E-state index is 0.210. The zero-order chi connectivity index (χ0) is 20.5. The van der Waals surface area contributed by atoms with E-state index in [0.29, 0.717) is 23.6 Å². The van der Waals surface area contributed by atoms with Gasteiger partial charge in [-0.15, -0.1) is 11.8 Å². The van der Waals surface area contributed by atoms with Gasteiger partial charge in [-0.1, -0.05) is 0 Å². The molecular weight excluding hydrogens is 388 g/mol. The van der Waals surface area contributed by atoms with Crippen LogP contribution < -0.4 is 10.1 Å². The fourth-order valence-electron chi connectivity index (χ4n) is 2.43. The molecule has 0 aliphatic carbocycles. The maximum absolute atomic E-state index is 12.2. The number of benzene rings is 1. The number of carbonyl (C=O) groups is 4. The molecule has 0 spiro atoms. The predicted octanol–water partition coefficient (Wildman–Crippen LogP) is 0.0852. The molecule has 0 bridgehead atoms. The Bertz CT molecular complexity index is 723. The lowest BCUT2D eigenvalue weighted by Crippen LogP contribution is -2.46. The number of nitrogens with one attached hydrogen (secondary N) is 1. The highest BCUT2D eigenvalue weighted by molar-refractivity contribution is 8.00. The van der Waals surface area contributed by atoms with E-state index in [1.807, 2.05) is 0 Å². The van der Waals surface area contributed by atoms with Crippen molar-refractivity contribution in [1.29, 1.82) is 0 Å². The molecule has 1 aromatic carbocycles.